The molecular formula is C25H27N3O3. The number of carbonyl (C=O) groups excluding carboxylic acids is 3. The van der Waals surface area contributed by atoms with Crippen LogP contribution < -0.4 is 10.6 Å². The summed E-state index contributed by atoms with van der Waals surface area (Å²) in [6.07, 6.45) is 3.82. The number of amides is 2. The number of benzene rings is 2. The van der Waals surface area contributed by atoms with Gasteiger partial charge in [-0.25, -0.2) is 0 Å². The van der Waals surface area contributed by atoms with Gasteiger partial charge in [0.2, 0.25) is 11.8 Å². The first-order valence-electron chi connectivity index (χ1n) is 10.3. The number of hydrogen-bond donors (Lipinski definition) is 2. The van der Waals surface area contributed by atoms with Gasteiger partial charge in [0.15, 0.2) is 5.78 Å². The summed E-state index contributed by atoms with van der Waals surface area (Å²) >= 11 is 0. The van der Waals surface area contributed by atoms with Crippen molar-refractivity contribution in [2.75, 3.05) is 30.3 Å². The second kappa shape index (κ2) is 10.00. The molecule has 0 saturated carbocycles. The lowest BCUT2D eigenvalue weighted by molar-refractivity contribution is -0.115. The van der Waals surface area contributed by atoms with Crippen LogP contribution in [0.1, 0.15) is 31.9 Å². The summed E-state index contributed by atoms with van der Waals surface area (Å²) < 4.78 is 0. The molecule has 0 aromatic heterocycles. The highest BCUT2D eigenvalue weighted by Crippen LogP contribution is 2.23. The number of piperidine rings is 1. The topological polar surface area (TPSA) is 78.5 Å². The molecule has 160 valence electrons. The first-order chi connectivity index (χ1) is 14.8. The fourth-order valence-electron chi connectivity index (χ4n) is 3.47. The van der Waals surface area contributed by atoms with Gasteiger partial charge in [0.1, 0.15) is 0 Å². The molecule has 2 N–H and O–H groups in total. The average molecular weight is 418 g/mol. The number of Topliss-reactive ketones (excluding diaryl/α,β-unsaturated/α-hetero) is 1. The largest absolute Gasteiger partial charge is 0.326 e. The summed E-state index contributed by atoms with van der Waals surface area (Å²) in [5, 5.41) is 5.48. The Morgan fingerprint density at radius 3 is 1.52 bits per heavy atom. The molecule has 1 aliphatic heterocycles. The fraction of sp³-hybridized carbons (Fsp3) is 0.240. The van der Waals surface area contributed by atoms with Crippen molar-refractivity contribution in [2.45, 2.75) is 20.8 Å². The van der Waals surface area contributed by atoms with Gasteiger partial charge in [-0.3, -0.25) is 19.3 Å². The van der Waals surface area contributed by atoms with E-state index in [0.29, 0.717) is 13.1 Å². The van der Waals surface area contributed by atoms with E-state index >= 15 is 0 Å². The third-order valence-corrected chi connectivity index (χ3v) is 4.96. The molecule has 2 aromatic rings. The maximum atomic E-state index is 13.1. The molecule has 0 unspecified atom stereocenters. The highest BCUT2D eigenvalue weighted by Gasteiger charge is 2.25. The van der Waals surface area contributed by atoms with Crippen molar-refractivity contribution in [3.8, 4) is 0 Å². The second-order valence-electron chi connectivity index (χ2n) is 7.58. The zero-order chi connectivity index (χ0) is 22.4. The highest BCUT2D eigenvalue weighted by molar-refractivity contribution is 6.14. The van der Waals surface area contributed by atoms with E-state index in [0.717, 1.165) is 40.2 Å². The molecule has 6 heteroatoms. The number of hydrogen-bond acceptors (Lipinski definition) is 4. The van der Waals surface area contributed by atoms with Gasteiger partial charge >= 0.3 is 0 Å². The first-order valence-corrected chi connectivity index (χ1v) is 10.3. The molecule has 2 amide bonds. The zero-order valence-corrected chi connectivity index (χ0v) is 18.1. The Hall–Kier alpha value is -3.51. The summed E-state index contributed by atoms with van der Waals surface area (Å²) in [6, 6.07) is 14.9. The number of nitrogens with one attached hydrogen (secondary N) is 2. The van der Waals surface area contributed by atoms with Crippen LogP contribution in [0.4, 0.5) is 11.4 Å². The number of carbonyl (C=O) groups is 3. The Morgan fingerprint density at radius 1 is 0.806 bits per heavy atom. The van der Waals surface area contributed by atoms with Crippen LogP contribution in [0, 0.1) is 0 Å². The summed E-state index contributed by atoms with van der Waals surface area (Å²) in [5.41, 5.74) is 4.75. The molecule has 1 aliphatic rings. The predicted octanol–water partition coefficient (Wildman–Crippen LogP) is 3.98. The van der Waals surface area contributed by atoms with E-state index in [-0.39, 0.29) is 17.6 Å². The van der Waals surface area contributed by atoms with E-state index in [9.17, 15) is 14.4 Å². The minimum Gasteiger partial charge on any atom is -0.326 e. The van der Waals surface area contributed by atoms with E-state index in [4.69, 9.17) is 0 Å². The monoisotopic (exact) mass is 417 g/mol. The van der Waals surface area contributed by atoms with Crippen LogP contribution in [-0.4, -0.2) is 42.1 Å². The summed E-state index contributed by atoms with van der Waals surface area (Å²) in [5.74, 6) is -0.194. The van der Waals surface area contributed by atoms with Crippen molar-refractivity contribution in [1.82, 2.24) is 4.90 Å². The molecular weight excluding hydrogens is 390 g/mol. The lowest BCUT2D eigenvalue weighted by Crippen LogP contribution is -2.37. The maximum absolute atomic E-state index is 13.1. The van der Waals surface area contributed by atoms with Crippen molar-refractivity contribution in [3.63, 3.8) is 0 Å². The molecule has 1 saturated heterocycles. The second-order valence-corrected chi connectivity index (χ2v) is 7.58. The highest BCUT2D eigenvalue weighted by atomic mass is 16.2. The molecule has 0 bridgehead atoms. The predicted molar refractivity (Wildman–Crippen MR) is 125 cm³/mol. The molecule has 0 spiro atoms. The number of likely N-dealkylation sites (N-methyl/N-ethyl adjacent to an activating group) is 1. The Kier molecular flexibility index (Phi) is 7.15. The molecule has 0 atom stereocenters. The van der Waals surface area contributed by atoms with Crippen molar-refractivity contribution in [2.24, 2.45) is 0 Å². The van der Waals surface area contributed by atoms with Crippen LogP contribution in [0.3, 0.4) is 0 Å². The van der Waals surface area contributed by atoms with Crippen LogP contribution in [-0.2, 0) is 14.4 Å². The van der Waals surface area contributed by atoms with Gasteiger partial charge in [-0.1, -0.05) is 31.2 Å². The number of likely N-dealkylation sites (tertiary alicyclic amines) is 1. The Morgan fingerprint density at radius 2 is 1.19 bits per heavy atom. The summed E-state index contributed by atoms with van der Waals surface area (Å²) in [4.78, 5) is 37.7. The SMILES string of the molecule is CCN1CC(=Cc2ccc(NC(C)=O)cc2)C(=O)C(=Cc2ccc(NC(C)=O)cc2)C1. The third kappa shape index (κ3) is 6.23. The Balaban J connectivity index is 1.83. The normalized spacial score (nSPS) is 17.1. The fourth-order valence-corrected chi connectivity index (χ4v) is 3.47. The molecule has 0 radical (unpaired) electrons. The molecule has 1 heterocycles. The van der Waals surface area contributed by atoms with Gasteiger partial charge in [0.25, 0.3) is 0 Å². The van der Waals surface area contributed by atoms with Crippen LogP contribution in [0.15, 0.2) is 59.7 Å². The quantitative estimate of drug-likeness (QED) is 0.722. The van der Waals surface area contributed by atoms with Gasteiger partial charge in [-0.2, -0.15) is 0 Å². The zero-order valence-electron chi connectivity index (χ0n) is 18.1. The first kappa shape index (κ1) is 22.2. The smallest absolute Gasteiger partial charge is 0.221 e. The van der Waals surface area contributed by atoms with Crippen molar-refractivity contribution < 1.29 is 14.4 Å². The molecule has 2 aromatic carbocycles. The Bertz CT molecular complexity index is 953. The average Bonchev–Trinajstić information content (AvgIpc) is 2.73. The van der Waals surface area contributed by atoms with Crippen LogP contribution in [0.2, 0.25) is 0 Å². The number of nitrogens with zero attached hydrogens (tertiary/aromatic N) is 1. The lowest BCUT2D eigenvalue weighted by Gasteiger charge is -2.28. The summed E-state index contributed by atoms with van der Waals surface area (Å²) in [6.45, 7) is 7.05. The lowest BCUT2D eigenvalue weighted by atomic mass is 9.94. The van der Waals surface area contributed by atoms with Crippen LogP contribution in [0.25, 0.3) is 12.2 Å². The van der Waals surface area contributed by atoms with Gasteiger partial charge in [-0.15, -0.1) is 0 Å². The van der Waals surface area contributed by atoms with E-state index in [1.54, 1.807) is 0 Å². The number of anilines is 2. The van der Waals surface area contributed by atoms with Crippen molar-refractivity contribution in [1.29, 1.82) is 0 Å². The van der Waals surface area contributed by atoms with Crippen LogP contribution >= 0.6 is 0 Å². The van der Waals surface area contributed by atoms with Gasteiger partial charge < -0.3 is 10.6 Å². The third-order valence-electron chi connectivity index (χ3n) is 4.96. The molecule has 6 nitrogen and oxygen atoms in total. The molecule has 0 aliphatic carbocycles. The Labute approximate surface area is 182 Å². The molecule has 1 fully saturated rings. The number of rotatable bonds is 5. The van der Waals surface area contributed by atoms with E-state index in [1.165, 1.54) is 13.8 Å². The van der Waals surface area contributed by atoms with E-state index in [1.807, 2.05) is 60.7 Å². The van der Waals surface area contributed by atoms with Gasteiger partial charge in [0, 0.05) is 49.5 Å². The minimum atomic E-state index is -0.118. The van der Waals surface area contributed by atoms with Crippen LogP contribution in [0.5, 0.6) is 0 Å². The van der Waals surface area contributed by atoms with E-state index in [2.05, 4.69) is 22.5 Å². The minimum absolute atomic E-state index is 0.0431. The number of ketones is 1. The molecule has 31 heavy (non-hydrogen) atoms. The van der Waals surface area contributed by atoms with Crippen molar-refractivity contribution >= 4 is 41.1 Å². The van der Waals surface area contributed by atoms with Gasteiger partial charge in [-0.05, 0) is 54.1 Å². The van der Waals surface area contributed by atoms with Crippen molar-refractivity contribution in [3.05, 3.63) is 70.8 Å². The van der Waals surface area contributed by atoms with E-state index < -0.39 is 0 Å². The summed E-state index contributed by atoms with van der Waals surface area (Å²) in [7, 11) is 0. The van der Waals surface area contributed by atoms with Gasteiger partial charge in [0.05, 0.1) is 0 Å². The molecule has 3 rings (SSSR count). The maximum Gasteiger partial charge on any atom is 0.221 e. The standard InChI is InChI=1S/C25H27N3O3/c1-4-28-15-21(13-19-5-9-23(10-6-19)26-17(2)29)25(31)22(16-28)14-20-7-11-24(12-8-20)27-18(3)30/h5-14H,4,15-16H2,1-3H3,(H,26,29)(H,27,30).